The standard InChI is InChI=1S/C24H32FN3O4S/c1-18(2)26-24(30)19(3)27(17-20-12-14-21(25)15-13-20)23(29)11-8-16-28(33(4,31)32)22-9-6-5-7-10-22/h5-7,9-10,12-15,18-19H,8,11,16-17H2,1-4H3,(H,26,30). The van der Waals surface area contributed by atoms with Crippen LogP contribution in [-0.2, 0) is 26.2 Å². The Labute approximate surface area is 195 Å². The first-order chi connectivity index (χ1) is 15.5. The maximum absolute atomic E-state index is 13.3. The Kier molecular flexibility index (Phi) is 9.40. The van der Waals surface area contributed by atoms with Crippen molar-refractivity contribution in [2.24, 2.45) is 0 Å². The SMILES string of the molecule is CC(C)NC(=O)C(C)N(Cc1ccc(F)cc1)C(=O)CCCN(c1ccccc1)S(C)(=O)=O. The summed E-state index contributed by atoms with van der Waals surface area (Å²) >= 11 is 0. The molecule has 180 valence electrons. The van der Waals surface area contributed by atoms with Crippen molar-refractivity contribution in [2.75, 3.05) is 17.1 Å². The molecule has 0 bridgehead atoms. The van der Waals surface area contributed by atoms with Crippen LogP contribution in [0.4, 0.5) is 10.1 Å². The smallest absolute Gasteiger partial charge is 0.242 e. The van der Waals surface area contributed by atoms with Crippen LogP contribution in [0.1, 0.15) is 39.2 Å². The third kappa shape index (κ3) is 8.16. The summed E-state index contributed by atoms with van der Waals surface area (Å²) in [6, 6.07) is 13.6. The lowest BCUT2D eigenvalue weighted by molar-refractivity contribution is -0.140. The molecule has 0 aliphatic rings. The second-order valence-electron chi connectivity index (χ2n) is 8.26. The van der Waals surface area contributed by atoms with Crippen molar-refractivity contribution in [2.45, 2.75) is 52.2 Å². The van der Waals surface area contributed by atoms with Gasteiger partial charge in [-0.05, 0) is 57.0 Å². The van der Waals surface area contributed by atoms with Crippen molar-refractivity contribution in [3.05, 3.63) is 66.0 Å². The van der Waals surface area contributed by atoms with Crippen LogP contribution in [-0.4, -0.2) is 50.0 Å². The molecule has 0 aromatic heterocycles. The minimum absolute atomic E-state index is 0.0549. The zero-order valence-corrected chi connectivity index (χ0v) is 20.3. The quantitative estimate of drug-likeness (QED) is 0.538. The Balaban J connectivity index is 2.14. The molecule has 1 unspecified atom stereocenters. The molecule has 9 heteroatoms. The number of rotatable bonds is 11. The highest BCUT2D eigenvalue weighted by molar-refractivity contribution is 7.92. The number of benzene rings is 2. The van der Waals surface area contributed by atoms with E-state index in [2.05, 4.69) is 5.32 Å². The van der Waals surface area contributed by atoms with Gasteiger partial charge in [-0.15, -0.1) is 0 Å². The van der Waals surface area contributed by atoms with E-state index in [9.17, 15) is 22.4 Å². The van der Waals surface area contributed by atoms with E-state index in [0.717, 1.165) is 6.26 Å². The van der Waals surface area contributed by atoms with Gasteiger partial charge in [-0.1, -0.05) is 30.3 Å². The fourth-order valence-electron chi connectivity index (χ4n) is 3.37. The Bertz CT molecular complexity index is 1030. The molecule has 0 radical (unpaired) electrons. The van der Waals surface area contributed by atoms with Crippen molar-refractivity contribution in [3.8, 4) is 0 Å². The van der Waals surface area contributed by atoms with Crippen LogP contribution in [0.3, 0.4) is 0 Å². The average molecular weight is 478 g/mol. The molecule has 33 heavy (non-hydrogen) atoms. The van der Waals surface area contributed by atoms with Gasteiger partial charge < -0.3 is 10.2 Å². The predicted octanol–water partition coefficient (Wildman–Crippen LogP) is 3.31. The Morgan fingerprint density at radius 3 is 2.15 bits per heavy atom. The molecule has 1 atom stereocenters. The minimum Gasteiger partial charge on any atom is -0.352 e. The van der Waals surface area contributed by atoms with Crippen molar-refractivity contribution in [1.82, 2.24) is 10.2 Å². The van der Waals surface area contributed by atoms with Gasteiger partial charge >= 0.3 is 0 Å². The number of amides is 2. The van der Waals surface area contributed by atoms with Gasteiger partial charge in [0.25, 0.3) is 0 Å². The van der Waals surface area contributed by atoms with E-state index in [4.69, 9.17) is 0 Å². The fourth-order valence-corrected chi connectivity index (χ4v) is 4.34. The second kappa shape index (κ2) is 11.8. The first kappa shape index (κ1) is 26.3. The van der Waals surface area contributed by atoms with E-state index >= 15 is 0 Å². The topological polar surface area (TPSA) is 86.8 Å². The van der Waals surface area contributed by atoms with E-state index in [0.29, 0.717) is 11.3 Å². The van der Waals surface area contributed by atoms with Gasteiger partial charge in [-0.25, -0.2) is 12.8 Å². The lowest BCUT2D eigenvalue weighted by atomic mass is 10.1. The van der Waals surface area contributed by atoms with Crippen LogP contribution < -0.4 is 9.62 Å². The third-order valence-corrected chi connectivity index (χ3v) is 6.25. The molecule has 2 amide bonds. The number of nitrogens with zero attached hydrogens (tertiary/aromatic N) is 2. The van der Waals surface area contributed by atoms with E-state index < -0.39 is 16.1 Å². The first-order valence-electron chi connectivity index (χ1n) is 10.9. The Morgan fingerprint density at radius 1 is 1.00 bits per heavy atom. The van der Waals surface area contributed by atoms with Crippen LogP contribution >= 0.6 is 0 Å². The van der Waals surface area contributed by atoms with Crippen LogP contribution in [0.15, 0.2) is 54.6 Å². The molecule has 7 nitrogen and oxygen atoms in total. The van der Waals surface area contributed by atoms with E-state index in [-0.39, 0.29) is 49.6 Å². The molecule has 0 saturated heterocycles. The monoisotopic (exact) mass is 477 g/mol. The average Bonchev–Trinajstić information content (AvgIpc) is 2.75. The van der Waals surface area contributed by atoms with Gasteiger partial charge in [0.15, 0.2) is 0 Å². The molecule has 0 aliphatic heterocycles. The number of carbonyl (C=O) groups excluding carboxylic acids is 2. The zero-order valence-electron chi connectivity index (χ0n) is 19.5. The lowest BCUT2D eigenvalue weighted by Gasteiger charge is -2.30. The maximum Gasteiger partial charge on any atom is 0.242 e. The number of hydrogen-bond acceptors (Lipinski definition) is 4. The minimum atomic E-state index is -3.52. The number of para-hydroxylation sites is 1. The number of anilines is 1. The van der Waals surface area contributed by atoms with E-state index in [1.165, 1.54) is 21.3 Å². The van der Waals surface area contributed by atoms with Gasteiger partial charge in [0, 0.05) is 25.6 Å². The van der Waals surface area contributed by atoms with Crippen LogP contribution in [0.5, 0.6) is 0 Å². The largest absolute Gasteiger partial charge is 0.352 e. The summed E-state index contributed by atoms with van der Waals surface area (Å²) in [7, 11) is -3.52. The van der Waals surface area contributed by atoms with Gasteiger partial charge in [-0.2, -0.15) is 0 Å². The molecule has 2 aromatic rings. The van der Waals surface area contributed by atoms with Crippen LogP contribution in [0.2, 0.25) is 0 Å². The first-order valence-corrected chi connectivity index (χ1v) is 12.7. The third-order valence-electron chi connectivity index (χ3n) is 5.06. The molecular weight excluding hydrogens is 445 g/mol. The number of halogens is 1. The summed E-state index contributed by atoms with van der Waals surface area (Å²) in [6.07, 6.45) is 1.46. The summed E-state index contributed by atoms with van der Waals surface area (Å²) in [5.41, 5.74) is 1.22. The van der Waals surface area contributed by atoms with Crippen LogP contribution in [0, 0.1) is 5.82 Å². The van der Waals surface area contributed by atoms with Crippen molar-refractivity contribution >= 4 is 27.5 Å². The Morgan fingerprint density at radius 2 is 1.61 bits per heavy atom. The molecule has 0 aliphatic carbocycles. The summed E-state index contributed by atoms with van der Waals surface area (Å²) in [4.78, 5) is 27.2. The van der Waals surface area contributed by atoms with Crippen molar-refractivity contribution < 1.29 is 22.4 Å². The highest BCUT2D eigenvalue weighted by Gasteiger charge is 2.27. The molecule has 0 fully saturated rings. The maximum atomic E-state index is 13.3. The molecular formula is C24H32FN3O4S. The predicted molar refractivity (Wildman–Crippen MR) is 128 cm³/mol. The molecule has 2 aromatic carbocycles. The van der Waals surface area contributed by atoms with Gasteiger partial charge in [0.05, 0.1) is 11.9 Å². The second-order valence-corrected chi connectivity index (χ2v) is 10.2. The van der Waals surface area contributed by atoms with Gasteiger partial charge in [0.1, 0.15) is 11.9 Å². The number of sulfonamides is 1. The summed E-state index contributed by atoms with van der Waals surface area (Å²) in [5, 5.41) is 2.81. The lowest BCUT2D eigenvalue weighted by Crippen LogP contribution is -2.49. The molecule has 1 N–H and O–H groups in total. The molecule has 0 saturated carbocycles. The summed E-state index contributed by atoms with van der Waals surface area (Å²) in [6.45, 7) is 5.58. The molecule has 2 rings (SSSR count). The van der Waals surface area contributed by atoms with Gasteiger partial charge in [-0.3, -0.25) is 13.9 Å². The van der Waals surface area contributed by atoms with Gasteiger partial charge in [0.2, 0.25) is 21.8 Å². The molecule has 0 spiro atoms. The number of nitrogens with one attached hydrogen (secondary N) is 1. The Hall–Kier alpha value is -2.94. The summed E-state index contributed by atoms with van der Waals surface area (Å²) in [5.74, 6) is -0.959. The normalized spacial score (nSPS) is 12.3. The highest BCUT2D eigenvalue weighted by atomic mass is 32.2. The zero-order chi connectivity index (χ0) is 24.6. The highest BCUT2D eigenvalue weighted by Crippen LogP contribution is 2.18. The van der Waals surface area contributed by atoms with E-state index in [1.54, 1.807) is 49.4 Å². The van der Waals surface area contributed by atoms with Crippen molar-refractivity contribution in [1.29, 1.82) is 0 Å². The van der Waals surface area contributed by atoms with E-state index in [1.807, 2.05) is 13.8 Å². The molecule has 0 heterocycles. The van der Waals surface area contributed by atoms with Crippen LogP contribution in [0.25, 0.3) is 0 Å². The number of carbonyl (C=O) groups is 2. The number of hydrogen-bond donors (Lipinski definition) is 1. The summed E-state index contributed by atoms with van der Waals surface area (Å²) < 4.78 is 39.1. The van der Waals surface area contributed by atoms with Crippen molar-refractivity contribution in [3.63, 3.8) is 0 Å². The fraction of sp³-hybridized carbons (Fsp3) is 0.417.